The maximum Gasteiger partial charge on any atom is 0.360 e. The molecule has 1 aromatic carbocycles. The molecule has 112 valence electrons. The lowest BCUT2D eigenvalue weighted by molar-refractivity contribution is 0.182. The van der Waals surface area contributed by atoms with Gasteiger partial charge < -0.3 is 9.42 Å². The number of halogens is 1. The van der Waals surface area contributed by atoms with Crippen molar-refractivity contribution in [1.82, 2.24) is 9.64 Å². The van der Waals surface area contributed by atoms with Crippen LogP contribution in [0.4, 0.5) is 4.79 Å². The van der Waals surface area contributed by atoms with Crippen LogP contribution in [0.3, 0.4) is 0 Å². The van der Waals surface area contributed by atoms with Gasteiger partial charge in [0.25, 0.3) is 0 Å². The first-order chi connectivity index (χ1) is 10.0. The smallest absolute Gasteiger partial charge is 0.360 e. The molecule has 1 aromatic heterocycles. The van der Waals surface area contributed by atoms with Crippen LogP contribution in [0.25, 0.3) is 0 Å². The minimum atomic E-state index is -0.620. The Morgan fingerprint density at radius 2 is 1.95 bits per heavy atom. The lowest BCUT2D eigenvalue weighted by Crippen LogP contribution is -2.33. The van der Waals surface area contributed by atoms with Gasteiger partial charge in [-0.3, -0.25) is 4.79 Å². The number of thioether (sulfide) groups is 1. The van der Waals surface area contributed by atoms with Gasteiger partial charge in [-0.2, -0.15) is 0 Å². The van der Waals surface area contributed by atoms with Gasteiger partial charge in [0.2, 0.25) is 0 Å². The first-order valence-corrected chi connectivity index (χ1v) is 7.78. The molecule has 0 bridgehead atoms. The molecule has 0 aliphatic rings. The van der Waals surface area contributed by atoms with Gasteiger partial charge in [0, 0.05) is 19.8 Å². The highest BCUT2D eigenvalue weighted by Gasteiger charge is 2.20. The van der Waals surface area contributed by atoms with Crippen LogP contribution in [-0.2, 0) is 11.5 Å². The highest BCUT2D eigenvalue weighted by Crippen LogP contribution is 2.22. The monoisotopic (exact) mass is 326 g/mol. The van der Waals surface area contributed by atoms with E-state index in [2.05, 4.69) is 0 Å². The summed E-state index contributed by atoms with van der Waals surface area (Å²) in [7, 11) is 3.07. The van der Waals surface area contributed by atoms with Crippen LogP contribution in [0.1, 0.15) is 11.3 Å². The zero-order valence-corrected chi connectivity index (χ0v) is 13.3. The Morgan fingerprint density at radius 1 is 1.29 bits per heavy atom. The number of hydrogen-bond donors (Lipinski definition) is 0. The van der Waals surface area contributed by atoms with E-state index >= 15 is 0 Å². The quantitative estimate of drug-likeness (QED) is 0.866. The van der Waals surface area contributed by atoms with E-state index in [1.807, 2.05) is 30.3 Å². The van der Waals surface area contributed by atoms with Crippen LogP contribution in [0, 0.1) is 0 Å². The van der Waals surface area contributed by atoms with Gasteiger partial charge in [-0.15, -0.1) is 11.8 Å². The van der Waals surface area contributed by atoms with Crippen molar-refractivity contribution in [3.8, 4) is 0 Å². The summed E-state index contributed by atoms with van der Waals surface area (Å²) >= 11 is 7.49. The molecule has 0 unspecified atom stereocenters. The third kappa shape index (κ3) is 3.71. The van der Waals surface area contributed by atoms with E-state index < -0.39 is 11.6 Å². The van der Waals surface area contributed by atoms with Gasteiger partial charge in [0.1, 0.15) is 0 Å². The second-order valence-electron chi connectivity index (χ2n) is 4.58. The van der Waals surface area contributed by atoms with Crippen LogP contribution in [0.5, 0.6) is 0 Å². The summed E-state index contributed by atoms with van der Waals surface area (Å²) in [6.07, 6.45) is 0. The van der Waals surface area contributed by atoms with E-state index in [9.17, 15) is 9.59 Å². The van der Waals surface area contributed by atoms with Crippen molar-refractivity contribution in [2.24, 2.45) is 0 Å². The number of carbonyl (C=O) groups excluding carboxylic acids is 1. The fourth-order valence-electron chi connectivity index (χ4n) is 1.63. The second kappa shape index (κ2) is 6.87. The molecule has 0 N–H and O–H groups in total. The van der Waals surface area contributed by atoms with Crippen molar-refractivity contribution < 1.29 is 9.32 Å². The van der Waals surface area contributed by atoms with E-state index in [4.69, 9.17) is 16.1 Å². The van der Waals surface area contributed by atoms with E-state index in [0.29, 0.717) is 16.3 Å². The van der Waals surface area contributed by atoms with E-state index in [1.165, 1.54) is 24.6 Å². The maximum atomic E-state index is 11.8. The van der Waals surface area contributed by atoms with E-state index in [0.717, 1.165) is 5.75 Å². The van der Waals surface area contributed by atoms with Crippen LogP contribution < -0.4 is 5.56 Å². The molecule has 0 spiro atoms. The summed E-state index contributed by atoms with van der Waals surface area (Å²) in [4.78, 5) is 24.9. The number of amides is 1. The first kappa shape index (κ1) is 15.7. The molecule has 21 heavy (non-hydrogen) atoms. The summed E-state index contributed by atoms with van der Waals surface area (Å²) in [5, 5.41) is -0.0363. The fourth-order valence-corrected chi connectivity index (χ4v) is 2.80. The number of rotatable bonds is 4. The predicted molar refractivity (Wildman–Crippen MR) is 83.9 cm³/mol. The summed E-state index contributed by atoms with van der Waals surface area (Å²) in [5.74, 6) is 1.52. The topological polar surface area (TPSA) is 55.5 Å². The molecular weight excluding hydrogens is 312 g/mol. The molecule has 1 amide bonds. The fraction of sp³-hybridized carbons (Fsp3) is 0.286. The van der Waals surface area contributed by atoms with Crippen molar-refractivity contribution >= 4 is 29.4 Å². The van der Waals surface area contributed by atoms with Crippen molar-refractivity contribution in [2.75, 3.05) is 14.1 Å². The van der Waals surface area contributed by atoms with Gasteiger partial charge in [0.05, 0.1) is 5.75 Å². The van der Waals surface area contributed by atoms with Gasteiger partial charge in [-0.25, -0.2) is 4.79 Å². The normalized spacial score (nSPS) is 10.6. The van der Waals surface area contributed by atoms with Crippen LogP contribution in [-0.4, -0.2) is 29.8 Å². The Labute approximate surface area is 131 Å². The SMILES string of the molecule is CN(C)C(=O)n1oc(CSCc2ccccc2)c(Cl)c1=O. The van der Waals surface area contributed by atoms with Gasteiger partial charge in [-0.1, -0.05) is 46.7 Å². The molecule has 0 saturated carbocycles. The average Bonchev–Trinajstić information content (AvgIpc) is 2.76. The van der Waals surface area contributed by atoms with Crippen molar-refractivity contribution in [3.63, 3.8) is 0 Å². The van der Waals surface area contributed by atoms with Crippen LogP contribution >= 0.6 is 23.4 Å². The standard InChI is InChI=1S/C14H15ClN2O3S/c1-16(2)14(19)17-13(18)12(15)11(20-17)9-21-8-10-6-4-3-5-7-10/h3-7H,8-9H2,1-2H3. The lowest BCUT2D eigenvalue weighted by atomic mass is 10.2. The molecule has 0 radical (unpaired) electrons. The highest BCUT2D eigenvalue weighted by molar-refractivity contribution is 7.97. The lowest BCUT2D eigenvalue weighted by Gasteiger charge is -2.07. The average molecular weight is 327 g/mol. The number of carbonyl (C=O) groups is 1. The summed E-state index contributed by atoms with van der Waals surface area (Å²) < 4.78 is 5.95. The Bertz CT molecular complexity index is 679. The Hall–Kier alpha value is -1.66. The first-order valence-electron chi connectivity index (χ1n) is 6.24. The largest absolute Gasteiger partial charge is 0.369 e. The molecular formula is C14H15ClN2O3S. The third-order valence-electron chi connectivity index (χ3n) is 2.72. The van der Waals surface area contributed by atoms with Crippen molar-refractivity contribution in [1.29, 1.82) is 0 Å². The summed E-state index contributed by atoms with van der Waals surface area (Å²) in [6, 6.07) is 9.37. The minimum absolute atomic E-state index is 0.0363. The molecule has 0 saturated heterocycles. The molecule has 0 aliphatic carbocycles. The van der Waals surface area contributed by atoms with E-state index in [-0.39, 0.29) is 5.02 Å². The highest BCUT2D eigenvalue weighted by atomic mass is 35.5. The zero-order valence-electron chi connectivity index (χ0n) is 11.7. The molecule has 2 aromatic rings. The molecule has 7 heteroatoms. The maximum absolute atomic E-state index is 11.8. The predicted octanol–water partition coefficient (Wildman–Crippen LogP) is 3.06. The van der Waals surface area contributed by atoms with Crippen LogP contribution in [0.2, 0.25) is 5.02 Å². The number of aromatic nitrogens is 1. The van der Waals surface area contributed by atoms with Crippen molar-refractivity contribution in [3.05, 3.63) is 57.0 Å². The van der Waals surface area contributed by atoms with Gasteiger partial charge in [0.15, 0.2) is 10.8 Å². The summed E-state index contributed by atoms with van der Waals surface area (Å²) in [5.41, 5.74) is 0.551. The molecule has 1 heterocycles. The molecule has 0 fully saturated rings. The Morgan fingerprint density at radius 3 is 2.57 bits per heavy atom. The molecule has 0 aliphatic heterocycles. The van der Waals surface area contributed by atoms with Crippen molar-refractivity contribution in [2.45, 2.75) is 11.5 Å². The Balaban J connectivity index is 2.06. The van der Waals surface area contributed by atoms with E-state index in [1.54, 1.807) is 11.8 Å². The Kier molecular flexibility index (Phi) is 5.14. The number of hydrogen-bond acceptors (Lipinski definition) is 4. The number of nitrogens with zero attached hydrogens (tertiary/aromatic N) is 2. The summed E-state index contributed by atoms with van der Waals surface area (Å²) in [6.45, 7) is 0. The number of benzene rings is 1. The zero-order chi connectivity index (χ0) is 15.4. The van der Waals surface area contributed by atoms with Gasteiger partial charge in [-0.05, 0) is 5.56 Å². The van der Waals surface area contributed by atoms with Crippen LogP contribution in [0.15, 0.2) is 39.6 Å². The molecule has 5 nitrogen and oxygen atoms in total. The van der Waals surface area contributed by atoms with Gasteiger partial charge >= 0.3 is 11.6 Å². The third-order valence-corrected chi connectivity index (χ3v) is 4.10. The minimum Gasteiger partial charge on any atom is -0.369 e. The second-order valence-corrected chi connectivity index (χ2v) is 5.95. The molecule has 0 atom stereocenters. The molecule has 2 rings (SSSR count).